The third-order valence-electron chi connectivity index (χ3n) is 2.74. The molecular formula is C15H14ClNO2S. The zero-order chi connectivity index (χ0) is 14.5. The molecule has 0 atom stereocenters. The van der Waals surface area contributed by atoms with Crippen molar-refractivity contribution in [2.75, 3.05) is 14.2 Å². The van der Waals surface area contributed by atoms with Gasteiger partial charge < -0.3 is 0 Å². The van der Waals surface area contributed by atoms with Gasteiger partial charge in [0, 0.05) is 33.5 Å². The third kappa shape index (κ3) is 3.48. The van der Waals surface area contributed by atoms with Crippen LogP contribution < -0.4 is 0 Å². The Morgan fingerprint density at radius 1 is 1.30 bits per heavy atom. The van der Waals surface area contributed by atoms with Gasteiger partial charge in [0.25, 0.3) is 5.91 Å². The van der Waals surface area contributed by atoms with Crippen molar-refractivity contribution >= 4 is 34.9 Å². The molecule has 0 bridgehead atoms. The van der Waals surface area contributed by atoms with Gasteiger partial charge in [-0.3, -0.25) is 9.63 Å². The number of carbonyl (C=O) groups is 1. The minimum atomic E-state index is -0.208. The van der Waals surface area contributed by atoms with Crippen molar-refractivity contribution in [2.24, 2.45) is 0 Å². The molecule has 5 heteroatoms. The predicted octanol–water partition coefficient (Wildman–Crippen LogP) is 4.10. The standard InChI is InChI=1S/C15H14ClNO2S/c1-17(19-2)15(18)10-8-11-7-9-14(20-11)12-5-3-4-6-13(12)16/h3-10H,1-2H3/b10-8+. The number of likely N-dealkylation sites (N-methyl/N-ethyl adjacent to an activating group) is 1. The van der Waals surface area contributed by atoms with Gasteiger partial charge in [-0.2, -0.15) is 0 Å². The van der Waals surface area contributed by atoms with Crippen LogP contribution >= 0.6 is 22.9 Å². The van der Waals surface area contributed by atoms with Gasteiger partial charge in [-0.15, -0.1) is 11.3 Å². The fraction of sp³-hybridized carbons (Fsp3) is 0.133. The summed E-state index contributed by atoms with van der Waals surface area (Å²) >= 11 is 7.75. The van der Waals surface area contributed by atoms with E-state index in [9.17, 15) is 4.79 Å². The van der Waals surface area contributed by atoms with Crippen LogP contribution in [0.25, 0.3) is 16.5 Å². The molecule has 0 spiro atoms. The van der Waals surface area contributed by atoms with Crippen molar-refractivity contribution < 1.29 is 9.63 Å². The van der Waals surface area contributed by atoms with Crippen LogP contribution in [-0.4, -0.2) is 25.1 Å². The Morgan fingerprint density at radius 3 is 2.75 bits per heavy atom. The number of amides is 1. The molecule has 0 fully saturated rings. The van der Waals surface area contributed by atoms with Crippen LogP contribution in [0.1, 0.15) is 4.88 Å². The lowest BCUT2D eigenvalue weighted by Crippen LogP contribution is -2.22. The molecule has 1 amide bonds. The van der Waals surface area contributed by atoms with E-state index < -0.39 is 0 Å². The molecule has 0 unspecified atom stereocenters. The van der Waals surface area contributed by atoms with Gasteiger partial charge in [-0.1, -0.05) is 29.8 Å². The summed E-state index contributed by atoms with van der Waals surface area (Å²) in [5.41, 5.74) is 0.999. The molecule has 0 N–H and O–H groups in total. The molecule has 3 nitrogen and oxygen atoms in total. The zero-order valence-corrected chi connectivity index (χ0v) is 12.7. The van der Waals surface area contributed by atoms with E-state index in [1.54, 1.807) is 24.5 Å². The van der Waals surface area contributed by atoms with E-state index in [1.165, 1.54) is 18.2 Å². The van der Waals surface area contributed by atoms with Gasteiger partial charge in [0.05, 0.1) is 7.11 Å². The fourth-order valence-electron chi connectivity index (χ4n) is 1.60. The molecule has 0 aliphatic rings. The van der Waals surface area contributed by atoms with Gasteiger partial charge >= 0.3 is 0 Å². The van der Waals surface area contributed by atoms with Crippen molar-refractivity contribution in [1.82, 2.24) is 5.06 Å². The summed E-state index contributed by atoms with van der Waals surface area (Å²) in [6.07, 6.45) is 3.24. The maximum absolute atomic E-state index is 11.6. The lowest BCUT2D eigenvalue weighted by atomic mass is 10.2. The van der Waals surface area contributed by atoms with Crippen LogP contribution in [0.5, 0.6) is 0 Å². The molecule has 0 saturated heterocycles. The highest BCUT2D eigenvalue weighted by Crippen LogP contribution is 2.33. The Balaban J connectivity index is 2.16. The van der Waals surface area contributed by atoms with E-state index in [2.05, 4.69) is 0 Å². The largest absolute Gasteiger partial charge is 0.274 e. The third-order valence-corrected chi connectivity index (χ3v) is 4.15. The Kier molecular flexibility index (Phi) is 4.95. The Morgan fingerprint density at radius 2 is 2.05 bits per heavy atom. The minimum absolute atomic E-state index is 0.208. The topological polar surface area (TPSA) is 29.5 Å². The van der Waals surface area contributed by atoms with E-state index in [0.717, 1.165) is 20.3 Å². The van der Waals surface area contributed by atoms with Crippen molar-refractivity contribution in [1.29, 1.82) is 0 Å². The highest BCUT2D eigenvalue weighted by Gasteiger charge is 2.06. The smallest absolute Gasteiger partial charge is 0.269 e. The summed E-state index contributed by atoms with van der Waals surface area (Å²) < 4.78 is 0. The highest BCUT2D eigenvalue weighted by atomic mass is 35.5. The molecular weight excluding hydrogens is 294 g/mol. The summed E-state index contributed by atoms with van der Waals surface area (Å²) in [7, 11) is 3.02. The van der Waals surface area contributed by atoms with E-state index in [4.69, 9.17) is 16.4 Å². The van der Waals surface area contributed by atoms with Crippen molar-refractivity contribution in [3.8, 4) is 10.4 Å². The van der Waals surface area contributed by atoms with Gasteiger partial charge in [-0.05, 0) is 24.3 Å². The van der Waals surface area contributed by atoms with Gasteiger partial charge in [0.15, 0.2) is 0 Å². The van der Waals surface area contributed by atoms with E-state index in [1.807, 2.05) is 36.4 Å². The predicted molar refractivity (Wildman–Crippen MR) is 83.6 cm³/mol. The maximum atomic E-state index is 11.6. The van der Waals surface area contributed by atoms with Crippen molar-refractivity contribution in [3.05, 3.63) is 52.4 Å². The monoisotopic (exact) mass is 307 g/mol. The lowest BCUT2D eigenvalue weighted by molar-refractivity contribution is -0.162. The number of carbonyl (C=O) groups excluding carboxylic acids is 1. The van der Waals surface area contributed by atoms with E-state index >= 15 is 0 Å². The van der Waals surface area contributed by atoms with Crippen LogP contribution in [0.4, 0.5) is 0 Å². The molecule has 2 rings (SSSR count). The average Bonchev–Trinajstić information content (AvgIpc) is 2.93. The molecule has 1 aromatic carbocycles. The summed E-state index contributed by atoms with van der Waals surface area (Å²) in [5, 5.41) is 1.89. The number of rotatable bonds is 4. The zero-order valence-electron chi connectivity index (χ0n) is 11.2. The van der Waals surface area contributed by atoms with Crippen LogP contribution in [0.3, 0.4) is 0 Å². The molecule has 0 aliphatic heterocycles. The van der Waals surface area contributed by atoms with E-state index in [-0.39, 0.29) is 5.91 Å². The molecule has 104 valence electrons. The van der Waals surface area contributed by atoms with Gasteiger partial charge in [-0.25, -0.2) is 5.06 Å². The second-order valence-corrected chi connectivity index (χ2v) is 5.56. The summed E-state index contributed by atoms with van der Waals surface area (Å²) in [6, 6.07) is 11.7. The molecule has 0 radical (unpaired) electrons. The van der Waals surface area contributed by atoms with Crippen LogP contribution in [-0.2, 0) is 9.63 Å². The van der Waals surface area contributed by atoms with E-state index in [0.29, 0.717) is 0 Å². The molecule has 0 saturated carbocycles. The van der Waals surface area contributed by atoms with Crippen molar-refractivity contribution in [2.45, 2.75) is 0 Å². The molecule has 0 aliphatic carbocycles. The molecule has 20 heavy (non-hydrogen) atoms. The Bertz CT molecular complexity index is 636. The first-order chi connectivity index (χ1) is 9.61. The SMILES string of the molecule is CON(C)C(=O)/C=C/c1ccc(-c2ccccc2Cl)s1. The molecule has 1 aromatic heterocycles. The number of benzene rings is 1. The number of hydroxylamine groups is 2. The number of hydrogen-bond donors (Lipinski definition) is 0. The molecule has 2 aromatic rings. The first-order valence-corrected chi connectivity index (χ1v) is 7.16. The summed E-state index contributed by atoms with van der Waals surface area (Å²) in [4.78, 5) is 18.4. The van der Waals surface area contributed by atoms with Crippen LogP contribution in [0.2, 0.25) is 5.02 Å². The Labute approximate surface area is 127 Å². The van der Waals surface area contributed by atoms with Gasteiger partial charge in [0.1, 0.15) is 0 Å². The lowest BCUT2D eigenvalue weighted by Gasteiger charge is -2.09. The molecule has 1 heterocycles. The number of hydrogen-bond acceptors (Lipinski definition) is 3. The highest BCUT2D eigenvalue weighted by molar-refractivity contribution is 7.16. The number of thiophene rings is 1. The van der Waals surface area contributed by atoms with Crippen molar-refractivity contribution in [3.63, 3.8) is 0 Å². The summed E-state index contributed by atoms with van der Waals surface area (Å²) in [6.45, 7) is 0. The normalized spacial score (nSPS) is 10.9. The minimum Gasteiger partial charge on any atom is -0.274 e. The quantitative estimate of drug-likeness (QED) is 0.628. The van der Waals surface area contributed by atoms with Crippen LogP contribution in [0, 0.1) is 0 Å². The number of halogens is 1. The van der Waals surface area contributed by atoms with Gasteiger partial charge in [0.2, 0.25) is 0 Å². The average molecular weight is 308 g/mol. The second-order valence-electron chi connectivity index (χ2n) is 4.03. The number of nitrogens with zero attached hydrogens (tertiary/aromatic N) is 1. The maximum Gasteiger partial charge on any atom is 0.269 e. The Hall–Kier alpha value is -1.62. The first kappa shape index (κ1) is 14.8. The second kappa shape index (κ2) is 6.70. The summed E-state index contributed by atoms with van der Waals surface area (Å²) in [5.74, 6) is -0.208. The van der Waals surface area contributed by atoms with Crippen LogP contribution in [0.15, 0.2) is 42.5 Å². The fourth-order valence-corrected chi connectivity index (χ4v) is 2.84. The first-order valence-electron chi connectivity index (χ1n) is 5.96.